The third-order valence-electron chi connectivity index (χ3n) is 4.18. The average Bonchev–Trinajstić information content (AvgIpc) is 2.64. The van der Waals surface area contributed by atoms with E-state index in [4.69, 9.17) is 13.9 Å². The molecule has 0 amide bonds. The van der Waals surface area contributed by atoms with Crippen LogP contribution < -0.4 is 10.4 Å². The van der Waals surface area contributed by atoms with Gasteiger partial charge in [-0.2, -0.15) is 0 Å². The second kappa shape index (κ2) is 7.44. The summed E-state index contributed by atoms with van der Waals surface area (Å²) in [4.78, 5) is 23.2. The van der Waals surface area contributed by atoms with E-state index in [-0.39, 0.29) is 11.6 Å². The smallest absolute Gasteiger partial charge is 0.337 e. The molecule has 0 spiro atoms. The number of hydrogen-bond donors (Lipinski definition) is 0. The van der Waals surface area contributed by atoms with Crippen LogP contribution in [0.4, 0.5) is 0 Å². The molecule has 134 valence electrons. The number of carbonyl (C=O) groups is 1. The number of methoxy groups -OCH3 is 1. The maximum atomic E-state index is 11.7. The van der Waals surface area contributed by atoms with Gasteiger partial charge in [-0.3, -0.25) is 0 Å². The minimum Gasteiger partial charge on any atom is -0.488 e. The molecule has 1 aromatic heterocycles. The Labute approximate surface area is 151 Å². The second-order valence-electron chi connectivity index (χ2n) is 6.06. The summed E-state index contributed by atoms with van der Waals surface area (Å²) < 4.78 is 16.1. The van der Waals surface area contributed by atoms with Crippen molar-refractivity contribution in [3.05, 3.63) is 75.1 Å². The fourth-order valence-corrected chi connectivity index (χ4v) is 2.88. The summed E-state index contributed by atoms with van der Waals surface area (Å²) in [5.74, 6) is 0.308. The summed E-state index contributed by atoms with van der Waals surface area (Å²) in [5, 5.41) is 0.823. The van der Waals surface area contributed by atoms with Gasteiger partial charge in [0.2, 0.25) is 0 Å². The number of aryl methyl sites for hydroxylation is 2. The van der Waals surface area contributed by atoms with Crippen LogP contribution in [-0.2, 0) is 17.8 Å². The Bertz CT molecular complexity index is 999. The number of hydrogen-bond acceptors (Lipinski definition) is 5. The minimum atomic E-state index is -0.371. The number of benzene rings is 2. The van der Waals surface area contributed by atoms with Crippen LogP contribution in [0.5, 0.6) is 5.75 Å². The van der Waals surface area contributed by atoms with Gasteiger partial charge in [-0.25, -0.2) is 9.59 Å². The molecule has 5 nitrogen and oxygen atoms in total. The molecule has 0 aliphatic heterocycles. The van der Waals surface area contributed by atoms with Crippen molar-refractivity contribution in [1.82, 2.24) is 0 Å². The van der Waals surface area contributed by atoms with Gasteiger partial charge in [0, 0.05) is 6.07 Å². The van der Waals surface area contributed by atoms with Crippen molar-refractivity contribution in [3.8, 4) is 5.75 Å². The second-order valence-corrected chi connectivity index (χ2v) is 6.06. The average molecular weight is 352 g/mol. The standard InChI is InChI=1S/C21H20O5/c1-4-15-11-19(22)26-18-10-13(2)9-17(20(15)18)25-12-14-5-7-16(8-6-14)21(23)24-3/h5-11H,4,12H2,1-3H3. The van der Waals surface area contributed by atoms with Gasteiger partial charge in [0.25, 0.3) is 0 Å². The Morgan fingerprint density at radius 3 is 2.50 bits per heavy atom. The molecule has 0 aliphatic rings. The molecule has 0 radical (unpaired) electrons. The van der Waals surface area contributed by atoms with Crippen LogP contribution in [0.3, 0.4) is 0 Å². The molecule has 0 unspecified atom stereocenters. The van der Waals surface area contributed by atoms with Gasteiger partial charge in [-0.05, 0) is 54.3 Å². The van der Waals surface area contributed by atoms with Crippen molar-refractivity contribution >= 4 is 16.9 Å². The van der Waals surface area contributed by atoms with E-state index in [2.05, 4.69) is 0 Å². The lowest BCUT2D eigenvalue weighted by Crippen LogP contribution is -2.04. The first-order chi connectivity index (χ1) is 12.5. The molecule has 2 aromatic carbocycles. The van der Waals surface area contributed by atoms with Gasteiger partial charge in [-0.1, -0.05) is 19.1 Å². The van der Waals surface area contributed by atoms with Crippen LogP contribution in [0.2, 0.25) is 0 Å². The molecule has 0 bridgehead atoms. The molecule has 0 aliphatic carbocycles. The van der Waals surface area contributed by atoms with Crippen molar-refractivity contribution in [2.75, 3.05) is 7.11 Å². The number of ether oxygens (including phenoxy) is 2. The molecule has 3 rings (SSSR count). The molecule has 3 aromatic rings. The Morgan fingerprint density at radius 1 is 1.12 bits per heavy atom. The topological polar surface area (TPSA) is 65.7 Å². The van der Waals surface area contributed by atoms with Gasteiger partial charge in [0.15, 0.2) is 0 Å². The third-order valence-corrected chi connectivity index (χ3v) is 4.18. The normalized spacial score (nSPS) is 10.7. The molecular formula is C21H20O5. The Kier molecular flexibility index (Phi) is 5.07. The summed E-state index contributed by atoms with van der Waals surface area (Å²) >= 11 is 0. The molecule has 0 N–H and O–H groups in total. The molecule has 0 fully saturated rings. The third kappa shape index (κ3) is 3.61. The SMILES string of the molecule is CCc1cc(=O)oc2cc(C)cc(OCc3ccc(C(=O)OC)cc3)c12. The lowest BCUT2D eigenvalue weighted by atomic mass is 10.0. The zero-order chi connectivity index (χ0) is 18.7. The maximum absolute atomic E-state index is 11.7. The summed E-state index contributed by atoms with van der Waals surface area (Å²) in [6.07, 6.45) is 0.704. The zero-order valence-corrected chi connectivity index (χ0v) is 15.0. The van der Waals surface area contributed by atoms with E-state index in [1.807, 2.05) is 38.1 Å². The molecular weight excluding hydrogens is 332 g/mol. The van der Waals surface area contributed by atoms with Crippen LogP contribution in [0.15, 0.2) is 51.7 Å². The van der Waals surface area contributed by atoms with Gasteiger partial charge in [0.05, 0.1) is 18.1 Å². The molecule has 0 saturated carbocycles. The number of rotatable bonds is 5. The number of esters is 1. The fraction of sp³-hybridized carbons (Fsp3) is 0.238. The summed E-state index contributed by atoms with van der Waals surface area (Å²) in [6, 6.07) is 12.3. The summed E-state index contributed by atoms with van der Waals surface area (Å²) in [6.45, 7) is 4.25. The van der Waals surface area contributed by atoms with Crippen LogP contribution in [0.1, 0.15) is 34.0 Å². The van der Waals surface area contributed by atoms with Crippen LogP contribution in [-0.4, -0.2) is 13.1 Å². The van der Waals surface area contributed by atoms with E-state index >= 15 is 0 Å². The lowest BCUT2D eigenvalue weighted by molar-refractivity contribution is 0.0600. The molecule has 1 heterocycles. The van der Waals surface area contributed by atoms with Gasteiger partial charge in [0.1, 0.15) is 17.9 Å². The number of carbonyl (C=O) groups excluding carboxylic acids is 1. The Hall–Kier alpha value is -3.08. The predicted octanol–water partition coefficient (Wildman–Crippen LogP) is 4.03. The Morgan fingerprint density at radius 2 is 1.85 bits per heavy atom. The van der Waals surface area contributed by atoms with E-state index in [0.29, 0.717) is 29.9 Å². The van der Waals surface area contributed by atoms with E-state index in [1.165, 1.54) is 13.2 Å². The van der Waals surface area contributed by atoms with Gasteiger partial charge >= 0.3 is 11.6 Å². The molecule has 5 heteroatoms. The highest BCUT2D eigenvalue weighted by Gasteiger charge is 2.12. The first-order valence-electron chi connectivity index (χ1n) is 8.39. The largest absolute Gasteiger partial charge is 0.488 e. The van der Waals surface area contributed by atoms with Crippen molar-refractivity contribution in [1.29, 1.82) is 0 Å². The molecule has 0 atom stereocenters. The van der Waals surface area contributed by atoms with Crippen molar-refractivity contribution in [2.24, 2.45) is 0 Å². The highest BCUT2D eigenvalue weighted by atomic mass is 16.5. The number of fused-ring (bicyclic) bond motifs is 1. The quantitative estimate of drug-likeness (QED) is 0.512. The van der Waals surface area contributed by atoms with Crippen LogP contribution in [0, 0.1) is 6.92 Å². The monoisotopic (exact) mass is 352 g/mol. The van der Waals surface area contributed by atoms with E-state index in [0.717, 1.165) is 22.1 Å². The molecule has 26 heavy (non-hydrogen) atoms. The highest BCUT2D eigenvalue weighted by Crippen LogP contribution is 2.30. The van der Waals surface area contributed by atoms with Crippen molar-refractivity contribution in [2.45, 2.75) is 26.9 Å². The lowest BCUT2D eigenvalue weighted by Gasteiger charge is -2.13. The highest BCUT2D eigenvalue weighted by molar-refractivity contribution is 5.89. The zero-order valence-electron chi connectivity index (χ0n) is 15.0. The van der Waals surface area contributed by atoms with Crippen molar-refractivity contribution in [3.63, 3.8) is 0 Å². The minimum absolute atomic E-state index is 0.336. The summed E-state index contributed by atoms with van der Waals surface area (Å²) in [5.41, 5.74) is 3.43. The van der Waals surface area contributed by atoms with E-state index < -0.39 is 0 Å². The maximum Gasteiger partial charge on any atom is 0.337 e. The van der Waals surface area contributed by atoms with Crippen molar-refractivity contribution < 1.29 is 18.7 Å². The van der Waals surface area contributed by atoms with E-state index in [1.54, 1.807) is 12.1 Å². The van der Waals surface area contributed by atoms with Crippen LogP contribution >= 0.6 is 0 Å². The van der Waals surface area contributed by atoms with E-state index in [9.17, 15) is 9.59 Å². The van der Waals surface area contributed by atoms with Crippen LogP contribution in [0.25, 0.3) is 11.0 Å². The van der Waals surface area contributed by atoms with Gasteiger partial charge in [-0.15, -0.1) is 0 Å². The Balaban J connectivity index is 1.91. The molecule has 0 saturated heterocycles. The first kappa shape index (κ1) is 17.7. The first-order valence-corrected chi connectivity index (χ1v) is 8.39. The predicted molar refractivity (Wildman–Crippen MR) is 98.7 cm³/mol. The summed E-state index contributed by atoms with van der Waals surface area (Å²) in [7, 11) is 1.35. The van der Waals surface area contributed by atoms with Gasteiger partial charge < -0.3 is 13.9 Å². The fourth-order valence-electron chi connectivity index (χ4n) is 2.88.